The second-order valence-corrected chi connectivity index (χ2v) is 13.3. The van der Waals surface area contributed by atoms with Gasteiger partial charge in [-0.1, -0.05) is 73.9 Å². The predicted molar refractivity (Wildman–Crippen MR) is 156 cm³/mol. The molecule has 4 saturated carbocycles. The number of likely N-dealkylation sites (tertiary alicyclic amines) is 1. The van der Waals surface area contributed by atoms with E-state index in [1.165, 1.54) is 56.9 Å². The minimum Gasteiger partial charge on any atom is -0.465 e. The summed E-state index contributed by atoms with van der Waals surface area (Å²) in [4.78, 5) is 15.2. The molecule has 0 amide bonds. The fraction of sp³-hybridized carbons (Fsp3) is 0.472. The lowest BCUT2D eigenvalue weighted by atomic mass is 9.52. The van der Waals surface area contributed by atoms with Crippen LogP contribution < -0.4 is 0 Å². The van der Waals surface area contributed by atoms with E-state index in [9.17, 15) is 18.0 Å². The second kappa shape index (κ2) is 10.3. The summed E-state index contributed by atoms with van der Waals surface area (Å²) in [7, 11) is 1.39. The smallest absolute Gasteiger partial charge is 0.416 e. The predicted octanol–water partition coefficient (Wildman–Crippen LogP) is 8.56. The molecule has 3 aromatic carbocycles. The molecule has 220 valence electrons. The highest BCUT2D eigenvalue weighted by molar-refractivity contribution is 5.89. The highest BCUT2D eigenvalue weighted by atomic mass is 19.4. The summed E-state index contributed by atoms with van der Waals surface area (Å²) in [6.07, 6.45) is 4.04. The number of hydrogen-bond acceptors (Lipinski definition) is 3. The Kier molecular flexibility index (Phi) is 6.76. The van der Waals surface area contributed by atoms with Crippen LogP contribution in [0.15, 0.2) is 78.9 Å². The third kappa shape index (κ3) is 4.32. The number of methoxy groups -OCH3 is 1. The van der Waals surface area contributed by atoms with Crippen LogP contribution in [0.5, 0.6) is 0 Å². The van der Waals surface area contributed by atoms with E-state index in [1.807, 2.05) is 12.1 Å². The molecule has 8 rings (SSSR count). The summed E-state index contributed by atoms with van der Waals surface area (Å²) in [5.41, 5.74) is 3.12. The number of alkyl halides is 3. The third-order valence-electron chi connectivity index (χ3n) is 11.2. The Morgan fingerprint density at radius 3 is 2.29 bits per heavy atom. The van der Waals surface area contributed by atoms with E-state index in [2.05, 4.69) is 41.3 Å². The van der Waals surface area contributed by atoms with Gasteiger partial charge in [-0.2, -0.15) is 13.2 Å². The third-order valence-corrected chi connectivity index (χ3v) is 11.2. The molecule has 5 aliphatic rings. The number of benzene rings is 3. The fourth-order valence-corrected chi connectivity index (χ4v) is 9.67. The van der Waals surface area contributed by atoms with Crippen molar-refractivity contribution >= 4 is 5.97 Å². The van der Waals surface area contributed by atoms with Gasteiger partial charge < -0.3 is 4.74 Å². The zero-order chi connectivity index (χ0) is 29.1. The number of nitrogens with zero attached hydrogens (tertiary/aromatic N) is 1. The van der Waals surface area contributed by atoms with Crippen LogP contribution in [-0.2, 0) is 16.3 Å². The molecular formula is C36H38F3NO2. The van der Waals surface area contributed by atoms with Gasteiger partial charge in [0.2, 0.25) is 0 Å². The maximum absolute atomic E-state index is 13.6. The van der Waals surface area contributed by atoms with Gasteiger partial charge in [0.1, 0.15) is 0 Å². The average molecular weight is 574 g/mol. The Morgan fingerprint density at radius 2 is 1.62 bits per heavy atom. The molecule has 5 fully saturated rings. The summed E-state index contributed by atoms with van der Waals surface area (Å²) in [6, 6.07) is 24.8. The van der Waals surface area contributed by atoms with E-state index in [0.29, 0.717) is 17.4 Å². The van der Waals surface area contributed by atoms with Gasteiger partial charge in [0.15, 0.2) is 0 Å². The first-order valence-electron chi connectivity index (χ1n) is 15.4. The summed E-state index contributed by atoms with van der Waals surface area (Å²) >= 11 is 0. The Bertz CT molecular complexity index is 1440. The SMILES string of the molecule is COC(=O)c1cccc(C23CC4(C2)[C@H](CN(CC2CCCCC2)[C@@H]4c2ccccc2)C3c2ccc(C(F)(F)F)cc2)c1. The average Bonchev–Trinajstić information content (AvgIpc) is 3.56. The highest BCUT2D eigenvalue weighted by Gasteiger charge is 2.77. The van der Waals surface area contributed by atoms with Crippen LogP contribution in [0, 0.1) is 17.3 Å². The summed E-state index contributed by atoms with van der Waals surface area (Å²) < 4.78 is 45.7. The Labute approximate surface area is 246 Å². The van der Waals surface area contributed by atoms with E-state index in [4.69, 9.17) is 4.74 Å². The molecule has 3 atom stereocenters. The van der Waals surface area contributed by atoms with Crippen molar-refractivity contribution in [2.45, 2.75) is 68.5 Å². The summed E-state index contributed by atoms with van der Waals surface area (Å²) in [5, 5.41) is 0. The van der Waals surface area contributed by atoms with Gasteiger partial charge in [0.25, 0.3) is 0 Å². The molecule has 2 bridgehead atoms. The van der Waals surface area contributed by atoms with Gasteiger partial charge in [-0.15, -0.1) is 0 Å². The maximum atomic E-state index is 13.6. The molecule has 42 heavy (non-hydrogen) atoms. The van der Waals surface area contributed by atoms with Crippen molar-refractivity contribution in [2.24, 2.45) is 17.3 Å². The van der Waals surface area contributed by atoms with Crippen LogP contribution in [0.25, 0.3) is 0 Å². The molecule has 3 nitrogen and oxygen atoms in total. The number of esters is 1. The summed E-state index contributed by atoms with van der Waals surface area (Å²) in [5.74, 6) is 0.707. The van der Waals surface area contributed by atoms with E-state index in [0.717, 1.165) is 37.1 Å². The monoisotopic (exact) mass is 573 g/mol. The van der Waals surface area contributed by atoms with Crippen LogP contribution in [0.1, 0.15) is 89.5 Å². The molecule has 1 saturated heterocycles. The van der Waals surface area contributed by atoms with Crippen molar-refractivity contribution in [3.8, 4) is 0 Å². The van der Waals surface area contributed by atoms with E-state index < -0.39 is 11.7 Å². The lowest BCUT2D eigenvalue weighted by molar-refractivity contribution is -0.137. The molecule has 1 spiro atoms. The van der Waals surface area contributed by atoms with Crippen molar-refractivity contribution in [3.63, 3.8) is 0 Å². The quantitative estimate of drug-likeness (QED) is 0.277. The normalized spacial score (nSPS) is 31.0. The number of carbonyl (C=O) groups is 1. The van der Waals surface area contributed by atoms with Crippen molar-refractivity contribution in [1.82, 2.24) is 4.90 Å². The molecule has 1 unspecified atom stereocenters. The number of halogens is 3. The van der Waals surface area contributed by atoms with Gasteiger partial charge in [0, 0.05) is 24.5 Å². The van der Waals surface area contributed by atoms with Crippen LogP contribution in [0.2, 0.25) is 0 Å². The van der Waals surface area contributed by atoms with Crippen LogP contribution in [0.3, 0.4) is 0 Å². The van der Waals surface area contributed by atoms with Crippen molar-refractivity contribution in [3.05, 3.63) is 107 Å². The Morgan fingerprint density at radius 1 is 0.905 bits per heavy atom. The van der Waals surface area contributed by atoms with Crippen LogP contribution in [0.4, 0.5) is 13.2 Å². The van der Waals surface area contributed by atoms with E-state index >= 15 is 0 Å². The van der Waals surface area contributed by atoms with Gasteiger partial charge in [0.05, 0.1) is 18.2 Å². The minimum absolute atomic E-state index is 0.0324. The van der Waals surface area contributed by atoms with E-state index in [-0.39, 0.29) is 28.8 Å². The van der Waals surface area contributed by atoms with Gasteiger partial charge in [-0.25, -0.2) is 4.79 Å². The number of ether oxygens (including phenoxy) is 1. The summed E-state index contributed by atoms with van der Waals surface area (Å²) in [6.45, 7) is 2.03. The molecule has 0 N–H and O–H groups in total. The van der Waals surface area contributed by atoms with Crippen LogP contribution >= 0.6 is 0 Å². The van der Waals surface area contributed by atoms with Gasteiger partial charge in [-0.3, -0.25) is 4.90 Å². The first-order valence-corrected chi connectivity index (χ1v) is 15.4. The standard InChI is InChI=1S/C36H38F3NO2/c1-42-33(41)27-13-8-14-29(19-27)34-22-35(23-34)30(31(34)25-15-17-28(18-16-25)36(37,38)39)21-40(20-24-9-4-2-5-10-24)32(35)26-11-6-3-7-12-26/h3,6-8,11-19,24,30-32H,2,4-5,9-10,20-23H2,1H3/t30-,31?,32-,34?,35?/m1/s1. The molecular weight excluding hydrogens is 535 g/mol. The van der Waals surface area contributed by atoms with Gasteiger partial charge >= 0.3 is 12.1 Å². The lowest BCUT2D eigenvalue weighted by Crippen LogP contribution is -2.48. The topological polar surface area (TPSA) is 29.5 Å². The highest BCUT2D eigenvalue weighted by Crippen LogP contribution is 2.82. The van der Waals surface area contributed by atoms with Crippen molar-refractivity contribution in [2.75, 3.05) is 20.2 Å². The molecule has 0 radical (unpaired) electrons. The Balaban J connectivity index is 1.33. The van der Waals surface area contributed by atoms with Crippen LogP contribution in [-0.4, -0.2) is 31.1 Å². The zero-order valence-electron chi connectivity index (χ0n) is 24.1. The lowest BCUT2D eigenvalue weighted by Gasteiger charge is -2.53. The van der Waals surface area contributed by atoms with E-state index in [1.54, 1.807) is 18.2 Å². The number of hydrogen-bond donors (Lipinski definition) is 0. The molecule has 1 aliphatic heterocycles. The molecule has 0 aromatic heterocycles. The fourth-order valence-electron chi connectivity index (χ4n) is 9.67. The van der Waals surface area contributed by atoms with Crippen molar-refractivity contribution in [1.29, 1.82) is 0 Å². The molecule has 6 heteroatoms. The first-order chi connectivity index (χ1) is 20.2. The zero-order valence-corrected chi connectivity index (χ0v) is 24.1. The minimum atomic E-state index is -4.37. The molecule has 1 heterocycles. The number of carbonyl (C=O) groups excluding carboxylic acids is 1. The molecule has 4 aliphatic carbocycles. The largest absolute Gasteiger partial charge is 0.465 e. The Hall–Kier alpha value is -3.12. The number of rotatable bonds is 6. The molecule has 3 aromatic rings. The van der Waals surface area contributed by atoms with Gasteiger partial charge in [-0.05, 0) is 89.8 Å². The second-order valence-electron chi connectivity index (χ2n) is 13.3. The maximum Gasteiger partial charge on any atom is 0.416 e. The van der Waals surface area contributed by atoms with Crippen molar-refractivity contribution < 1.29 is 22.7 Å². The first kappa shape index (κ1) is 27.7.